The molecule has 0 aromatic carbocycles. The molecule has 2 atom stereocenters. The number of morpholine rings is 1. The number of rotatable bonds is 4. The monoisotopic (exact) mass is 268 g/mol. The molecular formula is C16H32N2O. The van der Waals surface area contributed by atoms with Crippen LogP contribution in [0.1, 0.15) is 52.9 Å². The normalized spacial score (nSPS) is 33.0. The molecule has 3 nitrogen and oxygen atoms in total. The van der Waals surface area contributed by atoms with E-state index in [4.69, 9.17) is 4.74 Å². The average molecular weight is 268 g/mol. The molecule has 1 saturated heterocycles. The SMILES string of the molecule is CCN1CCOC(CNC2CCCC(C)(C)CC2)C1. The van der Waals surface area contributed by atoms with Crippen LogP contribution in [0.3, 0.4) is 0 Å². The highest BCUT2D eigenvalue weighted by molar-refractivity contribution is 4.81. The Hall–Kier alpha value is -0.120. The third-order valence-corrected chi connectivity index (χ3v) is 4.88. The van der Waals surface area contributed by atoms with Crippen molar-refractivity contribution in [3.63, 3.8) is 0 Å². The highest BCUT2D eigenvalue weighted by Gasteiger charge is 2.25. The van der Waals surface area contributed by atoms with Gasteiger partial charge in [-0.3, -0.25) is 4.90 Å². The molecule has 1 heterocycles. The van der Waals surface area contributed by atoms with E-state index >= 15 is 0 Å². The molecule has 1 aliphatic carbocycles. The lowest BCUT2D eigenvalue weighted by atomic mass is 9.85. The van der Waals surface area contributed by atoms with Gasteiger partial charge in [-0.15, -0.1) is 0 Å². The third kappa shape index (κ3) is 5.05. The Labute approximate surface area is 119 Å². The zero-order valence-corrected chi connectivity index (χ0v) is 13.1. The first-order chi connectivity index (χ1) is 9.09. The summed E-state index contributed by atoms with van der Waals surface area (Å²) in [5.74, 6) is 0. The summed E-state index contributed by atoms with van der Waals surface area (Å²) in [6.45, 7) is 12.4. The maximum Gasteiger partial charge on any atom is 0.0826 e. The average Bonchev–Trinajstić information content (AvgIpc) is 2.58. The van der Waals surface area contributed by atoms with E-state index in [1.54, 1.807) is 0 Å². The minimum atomic E-state index is 0.393. The van der Waals surface area contributed by atoms with E-state index in [1.165, 1.54) is 32.1 Å². The van der Waals surface area contributed by atoms with Gasteiger partial charge in [0.2, 0.25) is 0 Å². The Morgan fingerprint density at radius 3 is 2.89 bits per heavy atom. The van der Waals surface area contributed by atoms with Crippen LogP contribution in [0.15, 0.2) is 0 Å². The summed E-state index contributed by atoms with van der Waals surface area (Å²) in [5, 5.41) is 3.76. The highest BCUT2D eigenvalue weighted by Crippen LogP contribution is 2.33. The van der Waals surface area contributed by atoms with Crippen LogP contribution in [0.25, 0.3) is 0 Å². The molecule has 1 N–H and O–H groups in total. The predicted octanol–water partition coefficient (Wildman–Crippen LogP) is 2.66. The van der Waals surface area contributed by atoms with Gasteiger partial charge in [0.1, 0.15) is 0 Å². The van der Waals surface area contributed by atoms with E-state index in [1.807, 2.05) is 0 Å². The van der Waals surface area contributed by atoms with E-state index in [-0.39, 0.29) is 0 Å². The van der Waals surface area contributed by atoms with Gasteiger partial charge < -0.3 is 10.1 Å². The van der Waals surface area contributed by atoms with Crippen molar-refractivity contribution in [3.05, 3.63) is 0 Å². The van der Waals surface area contributed by atoms with Gasteiger partial charge in [0.05, 0.1) is 12.7 Å². The zero-order valence-electron chi connectivity index (χ0n) is 13.1. The predicted molar refractivity (Wildman–Crippen MR) is 80.5 cm³/mol. The minimum absolute atomic E-state index is 0.393. The zero-order chi connectivity index (χ0) is 13.7. The summed E-state index contributed by atoms with van der Waals surface area (Å²) in [6, 6.07) is 0.711. The molecule has 2 rings (SSSR count). The molecule has 1 saturated carbocycles. The molecule has 0 spiro atoms. The van der Waals surface area contributed by atoms with Crippen LogP contribution in [-0.2, 0) is 4.74 Å². The van der Waals surface area contributed by atoms with E-state index in [9.17, 15) is 0 Å². The van der Waals surface area contributed by atoms with Crippen molar-refractivity contribution >= 4 is 0 Å². The van der Waals surface area contributed by atoms with Crippen molar-refractivity contribution in [1.82, 2.24) is 10.2 Å². The molecule has 0 aromatic heterocycles. The second kappa shape index (κ2) is 7.05. The summed E-state index contributed by atoms with van der Waals surface area (Å²) >= 11 is 0. The topological polar surface area (TPSA) is 24.5 Å². The summed E-state index contributed by atoms with van der Waals surface area (Å²) in [7, 11) is 0. The van der Waals surface area contributed by atoms with Gasteiger partial charge >= 0.3 is 0 Å². The van der Waals surface area contributed by atoms with Gasteiger partial charge in [-0.05, 0) is 37.6 Å². The standard InChI is InChI=1S/C16H32N2O/c1-4-18-10-11-19-15(13-18)12-17-14-6-5-8-16(2,3)9-7-14/h14-15,17H,4-13H2,1-3H3. The van der Waals surface area contributed by atoms with Crippen LogP contribution in [0.2, 0.25) is 0 Å². The maximum atomic E-state index is 5.87. The second-order valence-corrected chi connectivity index (χ2v) is 7.09. The molecule has 2 unspecified atom stereocenters. The van der Waals surface area contributed by atoms with Crippen molar-refractivity contribution in [1.29, 1.82) is 0 Å². The van der Waals surface area contributed by atoms with Gasteiger partial charge in [-0.1, -0.05) is 27.2 Å². The fourth-order valence-electron chi connectivity index (χ4n) is 3.35. The van der Waals surface area contributed by atoms with Crippen LogP contribution in [0.4, 0.5) is 0 Å². The van der Waals surface area contributed by atoms with Gasteiger partial charge in [0, 0.05) is 25.7 Å². The molecule has 2 fully saturated rings. The molecule has 3 heteroatoms. The fraction of sp³-hybridized carbons (Fsp3) is 1.00. The molecule has 2 aliphatic rings. The summed E-state index contributed by atoms with van der Waals surface area (Å²) in [4.78, 5) is 2.49. The highest BCUT2D eigenvalue weighted by atomic mass is 16.5. The molecule has 0 aromatic rings. The van der Waals surface area contributed by atoms with Crippen molar-refractivity contribution in [3.8, 4) is 0 Å². The van der Waals surface area contributed by atoms with E-state index < -0.39 is 0 Å². The third-order valence-electron chi connectivity index (χ3n) is 4.88. The number of hydrogen-bond donors (Lipinski definition) is 1. The molecule has 0 bridgehead atoms. The van der Waals surface area contributed by atoms with E-state index in [0.29, 0.717) is 17.6 Å². The minimum Gasteiger partial charge on any atom is -0.374 e. The summed E-state index contributed by atoms with van der Waals surface area (Å²) < 4.78 is 5.87. The Kier molecular flexibility index (Phi) is 5.67. The van der Waals surface area contributed by atoms with Gasteiger partial charge in [-0.2, -0.15) is 0 Å². The Morgan fingerprint density at radius 1 is 1.26 bits per heavy atom. The fourth-order valence-corrected chi connectivity index (χ4v) is 3.35. The number of nitrogens with zero attached hydrogens (tertiary/aromatic N) is 1. The quantitative estimate of drug-likeness (QED) is 0.793. The Balaban J connectivity index is 1.70. The largest absolute Gasteiger partial charge is 0.374 e. The first-order valence-electron chi connectivity index (χ1n) is 8.16. The van der Waals surface area contributed by atoms with Crippen LogP contribution in [-0.4, -0.2) is 49.8 Å². The summed E-state index contributed by atoms with van der Waals surface area (Å²) in [6.07, 6.45) is 7.18. The van der Waals surface area contributed by atoms with E-state index in [2.05, 4.69) is 31.0 Å². The van der Waals surface area contributed by atoms with Gasteiger partial charge in [-0.25, -0.2) is 0 Å². The van der Waals surface area contributed by atoms with Crippen LogP contribution in [0.5, 0.6) is 0 Å². The van der Waals surface area contributed by atoms with Gasteiger partial charge in [0.25, 0.3) is 0 Å². The van der Waals surface area contributed by atoms with Crippen molar-refractivity contribution in [2.75, 3.05) is 32.8 Å². The molecule has 1 aliphatic heterocycles. The first-order valence-corrected chi connectivity index (χ1v) is 8.16. The van der Waals surface area contributed by atoms with Crippen LogP contribution in [0, 0.1) is 5.41 Å². The number of nitrogens with one attached hydrogen (secondary N) is 1. The lowest BCUT2D eigenvalue weighted by Gasteiger charge is -2.33. The first kappa shape index (κ1) is 15.3. The molecular weight excluding hydrogens is 236 g/mol. The van der Waals surface area contributed by atoms with E-state index in [0.717, 1.165) is 32.8 Å². The summed E-state index contributed by atoms with van der Waals surface area (Å²) in [5.41, 5.74) is 0.552. The number of likely N-dealkylation sites (N-methyl/N-ethyl adjacent to an activating group) is 1. The van der Waals surface area contributed by atoms with Crippen LogP contribution < -0.4 is 5.32 Å². The van der Waals surface area contributed by atoms with Crippen molar-refractivity contribution in [2.24, 2.45) is 5.41 Å². The lowest BCUT2D eigenvalue weighted by molar-refractivity contribution is -0.0265. The molecule has 19 heavy (non-hydrogen) atoms. The van der Waals surface area contributed by atoms with Crippen molar-refractivity contribution in [2.45, 2.75) is 65.0 Å². The maximum absolute atomic E-state index is 5.87. The van der Waals surface area contributed by atoms with Gasteiger partial charge in [0.15, 0.2) is 0 Å². The Bertz CT molecular complexity index is 267. The Morgan fingerprint density at radius 2 is 2.11 bits per heavy atom. The smallest absolute Gasteiger partial charge is 0.0826 e. The lowest BCUT2D eigenvalue weighted by Crippen LogP contribution is -2.48. The van der Waals surface area contributed by atoms with Crippen molar-refractivity contribution < 1.29 is 4.74 Å². The number of ether oxygens (including phenoxy) is 1. The molecule has 0 amide bonds. The van der Waals surface area contributed by atoms with Crippen LogP contribution >= 0.6 is 0 Å². The molecule has 0 radical (unpaired) electrons. The molecule has 112 valence electrons. The number of hydrogen-bond acceptors (Lipinski definition) is 3. The second-order valence-electron chi connectivity index (χ2n) is 7.09.